The van der Waals surface area contributed by atoms with Gasteiger partial charge in [-0.05, 0) is 54.4 Å². The summed E-state index contributed by atoms with van der Waals surface area (Å²) < 4.78 is 7.83. The van der Waals surface area contributed by atoms with Crippen molar-refractivity contribution in [2.75, 3.05) is 11.5 Å². The molecule has 0 bridgehead atoms. The molecule has 0 fully saturated rings. The highest BCUT2D eigenvalue weighted by molar-refractivity contribution is 9.10. The van der Waals surface area contributed by atoms with Gasteiger partial charge in [-0.1, -0.05) is 77.4 Å². The number of hydrogen-bond donors (Lipinski definition) is 0. The topological polar surface area (TPSA) is 42.4 Å². The summed E-state index contributed by atoms with van der Waals surface area (Å²) in [6, 6.07) is 23.4. The summed E-state index contributed by atoms with van der Waals surface area (Å²) in [7, 11) is 0. The molecule has 1 amide bonds. The largest absolute Gasteiger partial charge is 0.494 e. The number of hydrogen-bond acceptors (Lipinski definition) is 4. The molecule has 164 valence electrons. The summed E-state index contributed by atoms with van der Waals surface area (Å²) in [5.74, 6) is 0.710. The maximum atomic E-state index is 13.5. The summed E-state index contributed by atoms with van der Waals surface area (Å²) in [6.07, 6.45) is 3.36. The van der Waals surface area contributed by atoms with E-state index in [0.29, 0.717) is 23.8 Å². The number of halogens is 1. The standard InChI is InChI=1S/C26H25BrN2O2S/c1-2-3-7-16-31-22-13-10-20(11-14-22)25(30)29(18-19-8-5-4-6-9-19)26-28-23-15-12-21(27)17-24(23)32-26/h4-6,8-15,17H,2-3,7,16,18H2,1H3. The first kappa shape index (κ1) is 22.5. The number of ether oxygens (including phenoxy) is 1. The second-order valence-corrected chi connectivity index (χ2v) is 9.49. The lowest BCUT2D eigenvalue weighted by molar-refractivity contribution is 0.0985. The fraction of sp³-hybridized carbons (Fsp3) is 0.231. The first-order valence-corrected chi connectivity index (χ1v) is 12.4. The number of thiazole rings is 1. The predicted molar refractivity (Wildman–Crippen MR) is 136 cm³/mol. The van der Waals surface area contributed by atoms with Crippen molar-refractivity contribution in [3.63, 3.8) is 0 Å². The van der Waals surface area contributed by atoms with Gasteiger partial charge < -0.3 is 4.74 Å². The minimum absolute atomic E-state index is 0.0792. The third-order valence-corrected chi connectivity index (χ3v) is 6.65. The van der Waals surface area contributed by atoms with E-state index in [0.717, 1.165) is 45.3 Å². The molecule has 0 aliphatic carbocycles. The molecule has 0 N–H and O–H groups in total. The van der Waals surface area contributed by atoms with Crippen LogP contribution in [0.3, 0.4) is 0 Å². The predicted octanol–water partition coefficient (Wildman–Crippen LogP) is 7.47. The fourth-order valence-electron chi connectivity index (χ4n) is 3.39. The lowest BCUT2D eigenvalue weighted by Gasteiger charge is -2.20. The number of carbonyl (C=O) groups excluding carboxylic acids is 1. The molecule has 3 aromatic carbocycles. The van der Waals surface area contributed by atoms with E-state index in [1.54, 1.807) is 4.90 Å². The van der Waals surface area contributed by atoms with E-state index in [2.05, 4.69) is 22.9 Å². The Morgan fingerprint density at radius 2 is 1.81 bits per heavy atom. The van der Waals surface area contributed by atoms with Crippen molar-refractivity contribution in [1.82, 2.24) is 4.98 Å². The Morgan fingerprint density at radius 3 is 2.56 bits per heavy atom. The quantitative estimate of drug-likeness (QED) is 0.220. The van der Waals surface area contributed by atoms with E-state index in [-0.39, 0.29) is 5.91 Å². The fourth-order valence-corrected chi connectivity index (χ4v) is 4.90. The molecule has 1 aromatic heterocycles. The second kappa shape index (κ2) is 10.7. The van der Waals surface area contributed by atoms with Gasteiger partial charge in [-0.2, -0.15) is 0 Å². The van der Waals surface area contributed by atoms with Crippen LogP contribution in [-0.2, 0) is 6.54 Å². The zero-order valence-corrected chi connectivity index (χ0v) is 20.4. The van der Waals surface area contributed by atoms with Crippen LogP contribution < -0.4 is 9.64 Å². The van der Waals surface area contributed by atoms with Crippen LogP contribution in [0.15, 0.2) is 77.3 Å². The smallest absolute Gasteiger partial charge is 0.260 e. The van der Waals surface area contributed by atoms with Crippen LogP contribution in [0.25, 0.3) is 10.2 Å². The zero-order chi connectivity index (χ0) is 22.3. The number of rotatable bonds is 9. The number of benzene rings is 3. The molecule has 0 spiro atoms. The maximum absolute atomic E-state index is 13.5. The number of unbranched alkanes of at least 4 members (excludes halogenated alkanes) is 2. The Balaban J connectivity index is 1.59. The van der Waals surface area contributed by atoms with Crippen molar-refractivity contribution in [3.8, 4) is 5.75 Å². The van der Waals surface area contributed by atoms with Crippen LogP contribution in [0.4, 0.5) is 5.13 Å². The maximum Gasteiger partial charge on any atom is 0.260 e. The lowest BCUT2D eigenvalue weighted by Crippen LogP contribution is -2.30. The number of aromatic nitrogens is 1. The van der Waals surface area contributed by atoms with Gasteiger partial charge in [0.2, 0.25) is 0 Å². The summed E-state index contributed by atoms with van der Waals surface area (Å²) in [4.78, 5) is 20.1. The average molecular weight is 509 g/mol. The van der Waals surface area contributed by atoms with Gasteiger partial charge in [0.15, 0.2) is 5.13 Å². The Morgan fingerprint density at radius 1 is 1.03 bits per heavy atom. The molecule has 0 aliphatic heterocycles. The highest BCUT2D eigenvalue weighted by atomic mass is 79.9. The van der Waals surface area contributed by atoms with Gasteiger partial charge in [-0.15, -0.1) is 0 Å². The molecule has 0 atom stereocenters. The van der Waals surface area contributed by atoms with Gasteiger partial charge in [0.25, 0.3) is 5.91 Å². The van der Waals surface area contributed by atoms with Crippen LogP contribution in [0.1, 0.15) is 42.1 Å². The summed E-state index contributed by atoms with van der Waals surface area (Å²) >= 11 is 5.04. The minimum atomic E-state index is -0.0792. The highest BCUT2D eigenvalue weighted by Gasteiger charge is 2.22. The van der Waals surface area contributed by atoms with Gasteiger partial charge in [0, 0.05) is 10.0 Å². The van der Waals surface area contributed by atoms with Crippen LogP contribution in [0.2, 0.25) is 0 Å². The van der Waals surface area contributed by atoms with E-state index in [1.165, 1.54) is 11.3 Å². The molecule has 0 saturated heterocycles. The minimum Gasteiger partial charge on any atom is -0.494 e. The Bertz CT molecular complexity index is 1180. The van der Waals surface area contributed by atoms with Crippen LogP contribution in [0.5, 0.6) is 5.75 Å². The summed E-state index contributed by atoms with van der Waals surface area (Å²) in [5, 5.41) is 0.687. The van der Waals surface area contributed by atoms with Crippen molar-refractivity contribution in [1.29, 1.82) is 0 Å². The lowest BCUT2D eigenvalue weighted by atomic mass is 10.1. The highest BCUT2D eigenvalue weighted by Crippen LogP contribution is 2.32. The molecule has 4 rings (SSSR count). The first-order valence-electron chi connectivity index (χ1n) is 10.8. The Kier molecular flexibility index (Phi) is 7.55. The van der Waals surface area contributed by atoms with Crippen molar-refractivity contribution >= 4 is 48.5 Å². The van der Waals surface area contributed by atoms with E-state index < -0.39 is 0 Å². The molecule has 4 aromatic rings. The molecule has 4 nitrogen and oxygen atoms in total. The van der Waals surface area contributed by atoms with Gasteiger partial charge >= 0.3 is 0 Å². The molecule has 0 saturated carbocycles. The summed E-state index contributed by atoms with van der Waals surface area (Å²) in [6.45, 7) is 3.32. The molecular formula is C26H25BrN2O2S. The SMILES string of the molecule is CCCCCOc1ccc(C(=O)N(Cc2ccccc2)c2nc3ccc(Br)cc3s2)cc1. The van der Waals surface area contributed by atoms with Crippen molar-refractivity contribution in [2.24, 2.45) is 0 Å². The molecule has 6 heteroatoms. The van der Waals surface area contributed by atoms with E-state index in [9.17, 15) is 4.79 Å². The normalized spacial score (nSPS) is 10.9. The van der Waals surface area contributed by atoms with E-state index in [1.807, 2.05) is 72.8 Å². The summed E-state index contributed by atoms with van der Waals surface area (Å²) in [5.41, 5.74) is 2.55. The molecule has 0 radical (unpaired) electrons. The third-order valence-electron chi connectivity index (χ3n) is 5.12. The Labute approximate surface area is 201 Å². The average Bonchev–Trinajstić information content (AvgIpc) is 3.24. The van der Waals surface area contributed by atoms with Crippen LogP contribution >= 0.6 is 27.3 Å². The van der Waals surface area contributed by atoms with E-state index >= 15 is 0 Å². The molecule has 0 aliphatic rings. The van der Waals surface area contributed by atoms with Crippen molar-refractivity contribution in [3.05, 3.63) is 88.4 Å². The van der Waals surface area contributed by atoms with E-state index in [4.69, 9.17) is 9.72 Å². The number of nitrogens with zero attached hydrogens (tertiary/aromatic N) is 2. The number of fused-ring (bicyclic) bond motifs is 1. The van der Waals surface area contributed by atoms with Gasteiger partial charge in [0.05, 0.1) is 23.4 Å². The van der Waals surface area contributed by atoms with Crippen molar-refractivity contribution in [2.45, 2.75) is 32.7 Å². The van der Waals surface area contributed by atoms with Crippen molar-refractivity contribution < 1.29 is 9.53 Å². The van der Waals surface area contributed by atoms with Crippen LogP contribution in [0, 0.1) is 0 Å². The monoisotopic (exact) mass is 508 g/mol. The Hall–Kier alpha value is -2.70. The molecule has 0 unspecified atom stereocenters. The number of carbonyl (C=O) groups is 1. The number of anilines is 1. The number of amides is 1. The first-order chi connectivity index (χ1) is 15.6. The van der Waals surface area contributed by atoms with Crippen LogP contribution in [-0.4, -0.2) is 17.5 Å². The molecule has 32 heavy (non-hydrogen) atoms. The van der Waals surface area contributed by atoms with Gasteiger partial charge in [-0.25, -0.2) is 4.98 Å². The molecular weight excluding hydrogens is 484 g/mol. The second-order valence-electron chi connectivity index (χ2n) is 7.57. The molecule has 1 heterocycles. The van der Waals surface area contributed by atoms with Gasteiger partial charge in [-0.3, -0.25) is 9.69 Å². The zero-order valence-electron chi connectivity index (χ0n) is 18.0. The third kappa shape index (κ3) is 5.56. The van der Waals surface area contributed by atoms with Gasteiger partial charge in [0.1, 0.15) is 5.75 Å².